The molecule has 0 aromatic heterocycles. The van der Waals surface area contributed by atoms with Crippen LogP contribution in [0, 0.1) is 22.2 Å². The standard InChI is InChI=1S/C47H52Br2O11/c1-26(41(54)57-24-36(52)29-8-12-32(48)13-9-29)20-34(51)21-27(2)45(6)18-16-35-40(42(55)58-25-37(53)30-10-14-33(49)15-11-30)31(22-39(46(35,45)7)59-28(3)50)23-47-19-17-38(60-47)44(4,5)43(47)56/h8-16,20,27,34,38-39,51H,17-19,21-25H2,1-7H3. The molecule has 11 nitrogen and oxygen atoms in total. The molecule has 0 spiro atoms. The van der Waals surface area contributed by atoms with Crippen molar-refractivity contribution < 1.29 is 52.8 Å². The van der Waals surface area contributed by atoms with Crippen LogP contribution in [-0.2, 0) is 38.1 Å². The number of halogens is 2. The van der Waals surface area contributed by atoms with Crippen molar-refractivity contribution in [3.63, 3.8) is 0 Å². The Balaban J connectivity index is 1.27. The molecule has 2 fully saturated rings. The summed E-state index contributed by atoms with van der Waals surface area (Å²) in [6.45, 7) is 11.6. The van der Waals surface area contributed by atoms with E-state index in [1.54, 1.807) is 48.5 Å². The van der Waals surface area contributed by atoms with Crippen molar-refractivity contribution in [2.45, 2.75) is 111 Å². The lowest BCUT2D eigenvalue weighted by atomic mass is 9.52. The number of carbonyl (C=O) groups excluding carboxylic acids is 6. The van der Waals surface area contributed by atoms with Gasteiger partial charge in [0.25, 0.3) is 0 Å². The summed E-state index contributed by atoms with van der Waals surface area (Å²) in [7, 11) is 0. The Bertz CT molecular complexity index is 2190. The molecule has 7 unspecified atom stereocenters. The predicted molar refractivity (Wildman–Crippen MR) is 229 cm³/mol. The van der Waals surface area contributed by atoms with E-state index in [1.165, 1.54) is 19.9 Å². The first-order valence-corrected chi connectivity index (χ1v) is 21.8. The highest BCUT2D eigenvalue weighted by atomic mass is 79.9. The quantitative estimate of drug-likeness (QED) is 0.0789. The number of Topliss-reactive ketones (excluding diaryl/α,β-unsaturated/α-hetero) is 3. The minimum atomic E-state index is -1.16. The predicted octanol–water partition coefficient (Wildman–Crippen LogP) is 8.59. The summed E-state index contributed by atoms with van der Waals surface area (Å²) in [5.74, 6) is -3.07. The molecule has 2 saturated heterocycles. The highest BCUT2D eigenvalue weighted by molar-refractivity contribution is 9.10. The number of aliphatic hydroxyl groups is 1. The van der Waals surface area contributed by atoms with Crippen LogP contribution in [0.5, 0.6) is 0 Å². The lowest BCUT2D eigenvalue weighted by Gasteiger charge is -2.53. The van der Waals surface area contributed by atoms with Crippen LogP contribution in [0.15, 0.2) is 91.9 Å². The summed E-state index contributed by atoms with van der Waals surface area (Å²) in [5.41, 5.74) is -1.32. The molecule has 0 amide bonds. The number of ether oxygens (including phenoxy) is 4. The molecule has 6 rings (SSSR count). The molecule has 2 aromatic rings. The van der Waals surface area contributed by atoms with Crippen LogP contribution in [-0.4, -0.2) is 77.5 Å². The van der Waals surface area contributed by atoms with E-state index in [9.17, 15) is 33.9 Å². The third-order valence-corrected chi connectivity index (χ3v) is 14.7. The van der Waals surface area contributed by atoms with Gasteiger partial charge >= 0.3 is 17.9 Å². The molecule has 13 heteroatoms. The summed E-state index contributed by atoms with van der Waals surface area (Å²) in [6.07, 6.45) is 3.19. The molecule has 4 aliphatic rings. The highest BCUT2D eigenvalue weighted by Crippen LogP contribution is 2.66. The van der Waals surface area contributed by atoms with E-state index in [0.717, 1.165) is 8.95 Å². The fourth-order valence-electron chi connectivity index (χ4n) is 9.81. The van der Waals surface area contributed by atoms with Crippen molar-refractivity contribution in [1.82, 2.24) is 0 Å². The van der Waals surface area contributed by atoms with Gasteiger partial charge in [-0.2, -0.15) is 0 Å². The van der Waals surface area contributed by atoms with Crippen LogP contribution >= 0.6 is 31.9 Å². The van der Waals surface area contributed by atoms with Crippen molar-refractivity contribution in [2.24, 2.45) is 22.2 Å². The fourth-order valence-corrected chi connectivity index (χ4v) is 10.3. The van der Waals surface area contributed by atoms with E-state index in [2.05, 4.69) is 31.9 Å². The Morgan fingerprint density at radius 3 is 2.00 bits per heavy atom. The van der Waals surface area contributed by atoms with E-state index in [4.69, 9.17) is 18.9 Å². The van der Waals surface area contributed by atoms with Gasteiger partial charge in [-0.05, 0) is 85.4 Å². The van der Waals surface area contributed by atoms with Crippen LogP contribution in [0.4, 0.5) is 0 Å². The lowest BCUT2D eigenvalue weighted by Crippen LogP contribution is -2.53. The monoisotopic (exact) mass is 950 g/mol. The van der Waals surface area contributed by atoms with Crippen molar-refractivity contribution in [3.8, 4) is 0 Å². The zero-order valence-corrected chi connectivity index (χ0v) is 38.2. The largest absolute Gasteiger partial charge is 0.461 e. The van der Waals surface area contributed by atoms with Crippen molar-refractivity contribution in [1.29, 1.82) is 0 Å². The molecule has 2 bridgehead atoms. The van der Waals surface area contributed by atoms with Gasteiger partial charge in [0.2, 0.25) is 0 Å². The first-order valence-electron chi connectivity index (χ1n) is 20.2. The van der Waals surface area contributed by atoms with Gasteiger partial charge < -0.3 is 24.1 Å². The van der Waals surface area contributed by atoms with Crippen LogP contribution in [0.25, 0.3) is 0 Å². The minimum absolute atomic E-state index is 0.0365. The van der Waals surface area contributed by atoms with E-state index in [1.807, 2.05) is 40.7 Å². The third-order valence-electron chi connectivity index (χ3n) is 13.6. The molecule has 7 atom stereocenters. The van der Waals surface area contributed by atoms with Gasteiger partial charge in [0.1, 0.15) is 11.7 Å². The summed E-state index contributed by atoms with van der Waals surface area (Å²) >= 11 is 6.70. The molecule has 1 N–H and O–H groups in total. The molecule has 60 heavy (non-hydrogen) atoms. The maximum Gasteiger partial charge on any atom is 0.338 e. The topological polar surface area (TPSA) is 160 Å². The Kier molecular flexibility index (Phi) is 13.2. The van der Waals surface area contributed by atoms with Crippen molar-refractivity contribution in [2.75, 3.05) is 13.2 Å². The minimum Gasteiger partial charge on any atom is -0.461 e. The number of carbonyl (C=O) groups is 6. The van der Waals surface area contributed by atoms with Gasteiger partial charge in [-0.1, -0.05) is 96.8 Å². The molecule has 2 aromatic carbocycles. The van der Waals surface area contributed by atoms with Gasteiger partial charge in [-0.15, -0.1) is 0 Å². The number of hydrogen-bond donors (Lipinski definition) is 1. The number of aliphatic hydroxyl groups excluding tert-OH is 1. The Morgan fingerprint density at radius 1 is 0.900 bits per heavy atom. The van der Waals surface area contributed by atoms with Gasteiger partial charge in [-0.3, -0.25) is 19.2 Å². The molecule has 2 heterocycles. The average Bonchev–Trinajstić information content (AvgIpc) is 3.81. The summed E-state index contributed by atoms with van der Waals surface area (Å²) < 4.78 is 25.3. The molecule has 320 valence electrons. The van der Waals surface area contributed by atoms with Gasteiger partial charge in [-0.25, -0.2) is 9.59 Å². The second-order valence-electron chi connectivity index (χ2n) is 17.7. The average molecular weight is 953 g/mol. The lowest BCUT2D eigenvalue weighted by molar-refractivity contribution is -0.160. The van der Waals surface area contributed by atoms with Gasteiger partial charge in [0.15, 0.2) is 30.6 Å². The third kappa shape index (κ3) is 8.56. The van der Waals surface area contributed by atoms with Gasteiger partial charge in [0, 0.05) is 50.8 Å². The summed E-state index contributed by atoms with van der Waals surface area (Å²) in [5, 5.41) is 11.4. The second-order valence-corrected chi connectivity index (χ2v) is 19.5. The number of esters is 3. The van der Waals surface area contributed by atoms with Crippen LogP contribution in [0.1, 0.15) is 108 Å². The zero-order valence-electron chi connectivity index (χ0n) is 35.0. The number of hydrogen-bond acceptors (Lipinski definition) is 11. The Morgan fingerprint density at radius 2 is 1.47 bits per heavy atom. The molecule has 0 saturated carbocycles. The Hall–Kier alpha value is -4.04. The van der Waals surface area contributed by atoms with Crippen LogP contribution in [0.2, 0.25) is 0 Å². The molecular formula is C47H52Br2O11. The maximum atomic E-state index is 14.5. The van der Waals surface area contributed by atoms with Crippen LogP contribution in [0.3, 0.4) is 0 Å². The number of fused-ring (bicyclic) bond motifs is 3. The van der Waals surface area contributed by atoms with Gasteiger partial charge in [0.05, 0.1) is 23.2 Å². The molecule has 2 aliphatic heterocycles. The Labute approximate surface area is 367 Å². The van der Waals surface area contributed by atoms with E-state index in [0.29, 0.717) is 41.5 Å². The summed E-state index contributed by atoms with van der Waals surface area (Å²) in [4.78, 5) is 80.0. The highest BCUT2D eigenvalue weighted by Gasteiger charge is 2.66. The van der Waals surface area contributed by atoms with E-state index < -0.39 is 65.2 Å². The normalized spacial score (nSPS) is 27.8. The second kappa shape index (κ2) is 17.4. The fraction of sp³-hybridized carbons (Fsp3) is 0.489. The smallest absolute Gasteiger partial charge is 0.338 e. The van der Waals surface area contributed by atoms with E-state index in [-0.39, 0.29) is 59.8 Å². The number of ketones is 3. The van der Waals surface area contributed by atoms with Crippen LogP contribution < -0.4 is 0 Å². The molecular weight excluding hydrogens is 900 g/mol. The molecule has 2 aliphatic carbocycles. The molecule has 0 radical (unpaired) electrons. The SMILES string of the molecule is CC(=O)OC1CC(CC23CCC(O2)C(C)(C)C3=O)=C(C(=O)OCC(=O)c2ccc(Br)cc2)C2=CCC(C)(C(C)CC(O)C=C(C)C(=O)OCC(=O)c3ccc(Br)cc3)C21C. The van der Waals surface area contributed by atoms with Crippen molar-refractivity contribution in [3.05, 3.63) is 103 Å². The first-order chi connectivity index (χ1) is 28.1. The maximum absolute atomic E-state index is 14.5. The zero-order chi connectivity index (χ0) is 43.9. The summed E-state index contributed by atoms with van der Waals surface area (Å²) in [6, 6.07) is 13.4. The number of allylic oxidation sites excluding steroid dienone is 1. The number of benzene rings is 2. The number of rotatable bonds is 15. The first kappa shape index (κ1) is 45.5. The van der Waals surface area contributed by atoms with Crippen molar-refractivity contribution >= 4 is 67.1 Å². The van der Waals surface area contributed by atoms with E-state index >= 15 is 0 Å².